The number of hydrogen-bond acceptors (Lipinski definition) is 3. The van der Waals surface area contributed by atoms with Crippen LogP contribution in [0.5, 0.6) is 0 Å². The molecule has 2 heterocycles. The Balaban J connectivity index is 1.46. The lowest BCUT2D eigenvalue weighted by atomic mass is 10.1. The Labute approximate surface area is 137 Å². The maximum atomic E-state index is 13.0. The Hall–Kier alpha value is -1.82. The summed E-state index contributed by atoms with van der Waals surface area (Å²) >= 11 is 0. The van der Waals surface area contributed by atoms with Gasteiger partial charge in [0.25, 0.3) is 0 Å². The molecule has 0 spiro atoms. The van der Waals surface area contributed by atoms with Crippen molar-refractivity contribution in [1.29, 1.82) is 0 Å². The van der Waals surface area contributed by atoms with E-state index in [9.17, 15) is 9.18 Å². The fourth-order valence-corrected chi connectivity index (χ4v) is 3.24. The standard InChI is InChI=1S/C17H25FN4O/c1-20-8-6-15(7-9-20)19-17(23)22-12-10-21(11-13-22)16-4-2-14(18)3-5-16/h2-5,15H,6-13H2,1H3,(H,19,23). The number of carbonyl (C=O) groups excluding carboxylic acids is 1. The molecule has 0 saturated carbocycles. The maximum absolute atomic E-state index is 13.0. The van der Waals surface area contributed by atoms with Crippen LogP contribution in [0.4, 0.5) is 14.9 Å². The number of piperazine rings is 1. The monoisotopic (exact) mass is 320 g/mol. The second-order valence-corrected chi connectivity index (χ2v) is 6.48. The second kappa shape index (κ2) is 7.17. The van der Waals surface area contributed by atoms with Gasteiger partial charge in [-0.25, -0.2) is 9.18 Å². The maximum Gasteiger partial charge on any atom is 0.317 e. The number of carbonyl (C=O) groups is 1. The number of hydrogen-bond donors (Lipinski definition) is 1. The van der Waals surface area contributed by atoms with Crippen LogP contribution in [0.2, 0.25) is 0 Å². The van der Waals surface area contributed by atoms with Crippen molar-refractivity contribution in [2.45, 2.75) is 18.9 Å². The lowest BCUT2D eigenvalue weighted by molar-refractivity contribution is 0.178. The summed E-state index contributed by atoms with van der Waals surface area (Å²) in [6.07, 6.45) is 2.05. The molecule has 2 aliphatic rings. The highest BCUT2D eigenvalue weighted by atomic mass is 19.1. The molecule has 2 fully saturated rings. The van der Waals surface area contributed by atoms with Crippen molar-refractivity contribution >= 4 is 11.7 Å². The first-order valence-corrected chi connectivity index (χ1v) is 8.36. The SMILES string of the molecule is CN1CCC(NC(=O)N2CCN(c3ccc(F)cc3)CC2)CC1. The van der Waals surface area contributed by atoms with Gasteiger partial charge in [0.2, 0.25) is 0 Å². The first-order valence-electron chi connectivity index (χ1n) is 8.36. The van der Waals surface area contributed by atoms with Crippen molar-refractivity contribution in [2.75, 3.05) is 51.2 Å². The van der Waals surface area contributed by atoms with Crippen LogP contribution >= 0.6 is 0 Å². The van der Waals surface area contributed by atoms with E-state index in [0.717, 1.165) is 44.7 Å². The van der Waals surface area contributed by atoms with Gasteiger partial charge in [-0.3, -0.25) is 0 Å². The molecule has 5 nitrogen and oxygen atoms in total. The Kier molecular flexibility index (Phi) is 5.00. The Morgan fingerprint density at radius 1 is 1.04 bits per heavy atom. The molecule has 0 aromatic heterocycles. The smallest absolute Gasteiger partial charge is 0.317 e. The normalized spacial score (nSPS) is 20.6. The molecule has 23 heavy (non-hydrogen) atoms. The number of nitrogens with zero attached hydrogens (tertiary/aromatic N) is 3. The van der Waals surface area contributed by atoms with E-state index in [-0.39, 0.29) is 11.8 Å². The minimum atomic E-state index is -0.218. The van der Waals surface area contributed by atoms with Crippen LogP contribution in [0.1, 0.15) is 12.8 Å². The van der Waals surface area contributed by atoms with Gasteiger partial charge in [0.15, 0.2) is 0 Å². The van der Waals surface area contributed by atoms with Gasteiger partial charge in [-0.05, 0) is 57.2 Å². The van der Waals surface area contributed by atoms with E-state index < -0.39 is 0 Å². The molecule has 1 N–H and O–H groups in total. The quantitative estimate of drug-likeness (QED) is 0.902. The topological polar surface area (TPSA) is 38.8 Å². The number of nitrogens with one attached hydrogen (secondary N) is 1. The van der Waals surface area contributed by atoms with Crippen LogP contribution in [0, 0.1) is 5.82 Å². The predicted molar refractivity (Wildman–Crippen MR) is 89.2 cm³/mol. The largest absolute Gasteiger partial charge is 0.368 e. The fraction of sp³-hybridized carbons (Fsp3) is 0.588. The van der Waals surface area contributed by atoms with Crippen LogP contribution in [-0.4, -0.2) is 68.2 Å². The number of anilines is 1. The third-order valence-corrected chi connectivity index (χ3v) is 4.80. The molecule has 126 valence electrons. The lowest BCUT2D eigenvalue weighted by Crippen LogP contribution is -2.54. The van der Waals surface area contributed by atoms with Crippen molar-refractivity contribution in [3.8, 4) is 0 Å². The van der Waals surface area contributed by atoms with Crippen LogP contribution in [0.3, 0.4) is 0 Å². The van der Waals surface area contributed by atoms with Gasteiger partial charge in [0.1, 0.15) is 5.82 Å². The van der Waals surface area contributed by atoms with Crippen LogP contribution in [0.25, 0.3) is 0 Å². The van der Waals surface area contributed by atoms with Crippen molar-refractivity contribution in [3.63, 3.8) is 0 Å². The van der Waals surface area contributed by atoms with Crippen molar-refractivity contribution in [1.82, 2.24) is 15.1 Å². The molecular weight excluding hydrogens is 295 g/mol. The highest BCUT2D eigenvalue weighted by Gasteiger charge is 2.24. The second-order valence-electron chi connectivity index (χ2n) is 6.48. The molecule has 1 aromatic carbocycles. The van der Waals surface area contributed by atoms with Crippen LogP contribution in [0.15, 0.2) is 24.3 Å². The van der Waals surface area contributed by atoms with E-state index in [1.54, 1.807) is 12.1 Å². The van der Waals surface area contributed by atoms with E-state index >= 15 is 0 Å². The molecule has 0 bridgehead atoms. The Bertz CT molecular complexity index is 520. The third kappa shape index (κ3) is 4.13. The minimum Gasteiger partial charge on any atom is -0.368 e. The molecular formula is C17H25FN4O. The molecule has 0 unspecified atom stereocenters. The van der Waals surface area contributed by atoms with E-state index in [0.29, 0.717) is 19.1 Å². The number of rotatable bonds is 2. The summed E-state index contributed by atoms with van der Waals surface area (Å²) in [6, 6.07) is 6.91. The summed E-state index contributed by atoms with van der Waals surface area (Å²) in [7, 11) is 2.12. The van der Waals surface area contributed by atoms with E-state index in [2.05, 4.69) is 22.2 Å². The highest BCUT2D eigenvalue weighted by molar-refractivity contribution is 5.75. The molecule has 2 aliphatic heterocycles. The van der Waals surface area contributed by atoms with Gasteiger partial charge >= 0.3 is 6.03 Å². The minimum absolute atomic E-state index is 0.0540. The van der Waals surface area contributed by atoms with Gasteiger partial charge in [0, 0.05) is 37.9 Å². The number of amides is 2. The number of likely N-dealkylation sites (tertiary alicyclic amines) is 1. The summed E-state index contributed by atoms with van der Waals surface area (Å²) in [4.78, 5) is 18.7. The van der Waals surface area contributed by atoms with Crippen molar-refractivity contribution in [3.05, 3.63) is 30.1 Å². The van der Waals surface area contributed by atoms with Crippen molar-refractivity contribution < 1.29 is 9.18 Å². The summed E-state index contributed by atoms with van der Waals surface area (Å²) in [5, 5.41) is 3.16. The molecule has 0 atom stereocenters. The average molecular weight is 320 g/mol. The van der Waals surface area contributed by atoms with Gasteiger partial charge in [-0.1, -0.05) is 0 Å². The molecule has 6 heteroatoms. The summed E-state index contributed by atoms with van der Waals surface area (Å²) in [5.41, 5.74) is 1.02. The van der Waals surface area contributed by atoms with Crippen LogP contribution in [-0.2, 0) is 0 Å². The van der Waals surface area contributed by atoms with E-state index in [1.165, 1.54) is 12.1 Å². The van der Waals surface area contributed by atoms with E-state index in [1.807, 2.05) is 4.90 Å². The van der Waals surface area contributed by atoms with E-state index in [4.69, 9.17) is 0 Å². The zero-order chi connectivity index (χ0) is 16.2. The summed E-state index contributed by atoms with van der Waals surface area (Å²) in [5.74, 6) is -0.218. The molecule has 0 radical (unpaired) electrons. The van der Waals surface area contributed by atoms with Gasteiger partial charge in [-0.15, -0.1) is 0 Å². The molecule has 1 aromatic rings. The van der Waals surface area contributed by atoms with Gasteiger partial charge in [-0.2, -0.15) is 0 Å². The third-order valence-electron chi connectivity index (χ3n) is 4.80. The first kappa shape index (κ1) is 16.1. The summed E-state index contributed by atoms with van der Waals surface area (Å²) < 4.78 is 13.0. The average Bonchev–Trinajstić information content (AvgIpc) is 2.58. The molecule has 3 rings (SSSR count). The number of urea groups is 1. The summed E-state index contributed by atoms with van der Waals surface area (Å²) in [6.45, 7) is 5.07. The predicted octanol–water partition coefficient (Wildman–Crippen LogP) is 1.75. The van der Waals surface area contributed by atoms with Crippen LogP contribution < -0.4 is 10.2 Å². The highest BCUT2D eigenvalue weighted by Crippen LogP contribution is 2.17. The molecule has 2 saturated heterocycles. The van der Waals surface area contributed by atoms with Gasteiger partial charge < -0.3 is 20.0 Å². The lowest BCUT2D eigenvalue weighted by Gasteiger charge is -2.37. The zero-order valence-corrected chi connectivity index (χ0v) is 13.7. The molecule has 2 amide bonds. The first-order chi connectivity index (χ1) is 11.1. The Morgan fingerprint density at radius 3 is 2.26 bits per heavy atom. The molecule has 0 aliphatic carbocycles. The zero-order valence-electron chi connectivity index (χ0n) is 13.7. The van der Waals surface area contributed by atoms with Crippen molar-refractivity contribution in [2.24, 2.45) is 0 Å². The number of benzene rings is 1. The number of halogens is 1. The Morgan fingerprint density at radius 2 is 1.65 bits per heavy atom. The fourth-order valence-electron chi connectivity index (χ4n) is 3.24. The van der Waals surface area contributed by atoms with Gasteiger partial charge in [0.05, 0.1) is 0 Å². The number of piperidine rings is 1.